The van der Waals surface area contributed by atoms with Crippen LogP contribution in [-0.2, 0) is 4.79 Å². The van der Waals surface area contributed by atoms with E-state index in [-0.39, 0.29) is 11.9 Å². The van der Waals surface area contributed by atoms with E-state index in [1.165, 1.54) is 25.7 Å². The second-order valence-electron chi connectivity index (χ2n) is 5.99. The lowest BCUT2D eigenvalue weighted by Gasteiger charge is -2.29. The lowest BCUT2D eigenvalue weighted by atomic mass is 9.83. The lowest BCUT2D eigenvalue weighted by molar-refractivity contribution is -0.122. The molecule has 0 saturated heterocycles. The van der Waals surface area contributed by atoms with E-state index in [2.05, 4.69) is 18.3 Å². The summed E-state index contributed by atoms with van der Waals surface area (Å²) in [6.07, 6.45) is 7.02. The van der Waals surface area contributed by atoms with Gasteiger partial charge in [0.1, 0.15) is 5.92 Å². The maximum Gasteiger partial charge on any atom is 0.242 e. The van der Waals surface area contributed by atoms with Crippen molar-refractivity contribution >= 4 is 5.91 Å². The topological polar surface area (TPSA) is 52.9 Å². The Morgan fingerprint density at radius 2 is 1.95 bits per heavy atom. The lowest BCUT2D eigenvalue weighted by Crippen LogP contribution is -2.40. The summed E-state index contributed by atoms with van der Waals surface area (Å²) >= 11 is 0. The Kier molecular flexibility index (Phi) is 5.80. The van der Waals surface area contributed by atoms with Crippen LogP contribution in [0.25, 0.3) is 0 Å². The second kappa shape index (κ2) is 7.83. The molecule has 0 bridgehead atoms. The average molecular weight is 284 g/mol. The van der Waals surface area contributed by atoms with Gasteiger partial charge in [-0.15, -0.1) is 0 Å². The quantitative estimate of drug-likeness (QED) is 0.894. The Hall–Kier alpha value is -1.82. The smallest absolute Gasteiger partial charge is 0.242 e. The first kappa shape index (κ1) is 15.6. The van der Waals surface area contributed by atoms with Gasteiger partial charge >= 0.3 is 0 Å². The number of benzene rings is 1. The van der Waals surface area contributed by atoms with Crippen LogP contribution in [0.15, 0.2) is 30.3 Å². The van der Waals surface area contributed by atoms with Gasteiger partial charge in [-0.1, -0.05) is 50.1 Å². The maximum absolute atomic E-state index is 12.3. The molecule has 0 heterocycles. The third kappa shape index (κ3) is 4.32. The highest BCUT2D eigenvalue weighted by Crippen LogP contribution is 2.28. The molecule has 1 aliphatic rings. The van der Waals surface area contributed by atoms with Gasteiger partial charge < -0.3 is 5.32 Å². The molecule has 3 nitrogen and oxygen atoms in total. The second-order valence-corrected chi connectivity index (χ2v) is 5.99. The van der Waals surface area contributed by atoms with Crippen LogP contribution in [0.1, 0.15) is 56.9 Å². The standard InChI is InChI=1S/C18H24N2O/c1-2-6-14-9-11-16(12-10-14)20-18(21)17(13-19)15-7-4-3-5-8-15/h3-5,7-8,14,16-17H,2,6,9-12H2,1H3,(H,20,21). The molecule has 2 rings (SSSR count). The van der Waals surface area contributed by atoms with Crippen LogP contribution in [0.2, 0.25) is 0 Å². The van der Waals surface area contributed by atoms with E-state index in [4.69, 9.17) is 0 Å². The molecule has 1 aromatic carbocycles. The zero-order chi connectivity index (χ0) is 15.1. The van der Waals surface area contributed by atoms with Gasteiger partial charge in [0.25, 0.3) is 0 Å². The van der Waals surface area contributed by atoms with Crippen molar-refractivity contribution in [3.63, 3.8) is 0 Å². The van der Waals surface area contributed by atoms with Crippen LogP contribution in [-0.4, -0.2) is 11.9 Å². The Morgan fingerprint density at radius 1 is 1.29 bits per heavy atom. The molecular formula is C18H24N2O. The van der Waals surface area contributed by atoms with E-state index >= 15 is 0 Å². The highest BCUT2D eigenvalue weighted by atomic mass is 16.1. The Labute approximate surface area is 127 Å². The predicted molar refractivity (Wildman–Crippen MR) is 83.6 cm³/mol. The fourth-order valence-corrected chi connectivity index (χ4v) is 3.22. The molecule has 112 valence electrons. The summed E-state index contributed by atoms with van der Waals surface area (Å²) in [5.41, 5.74) is 0.775. The monoisotopic (exact) mass is 284 g/mol. The molecule has 1 N–H and O–H groups in total. The van der Waals surface area contributed by atoms with Crippen molar-refractivity contribution in [2.75, 3.05) is 0 Å². The molecule has 0 aliphatic heterocycles. The van der Waals surface area contributed by atoms with E-state index in [9.17, 15) is 10.1 Å². The molecule has 1 aromatic rings. The van der Waals surface area contributed by atoms with E-state index in [0.29, 0.717) is 0 Å². The molecule has 0 aromatic heterocycles. The van der Waals surface area contributed by atoms with Crippen molar-refractivity contribution in [3.8, 4) is 6.07 Å². The van der Waals surface area contributed by atoms with Crippen LogP contribution in [0.3, 0.4) is 0 Å². The fourth-order valence-electron chi connectivity index (χ4n) is 3.22. The van der Waals surface area contributed by atoms with Crippen LogP contribution in [0, 0.1) is 17.2 Å². The van der Waals surface area contributed by atoms with Crippen molar-refractivity contribution in [2.45, 2.75) is 57.4 Å². The third-order valence-electron chi connectivity index (χ3n) is 4.41. The van der Waals surface area contributed by atoms with Crippen LogP contribution in [0.5, 0.6) is 0 Å². The van der Waals surface area contributed by atoms with Crippen LogP contribution in [0.4, 0.5) is 0 Å². The van der Waals surface area contributed by atoms with E-state index in [1.54, 1.807) is 0 Å². The number of amides is 1. The molecule has 1 unspecified atom stereocenters. The summed E-state index contributed by atoms with van der Waals surface area (Å²) in [6.45, 7) is 2.23. The van der Waals surface area contributed by atoms with Crippen molar-refractivity contribution in [3.05, 3.63) is 35.9 Å². The van der Waals surface area contributed by atoms with Gasteiger partial charge in [0.05, 0.1) is 6.07 Å². The van der Waals surface area contributed by atoms with Gasteiger partial charge in [0, 0.05) is 6.04 Å². The molecule has 1 saturated carbocycles. The molecule has 0 spiro atoms. The molecule has 0 radical (unpaired) electrons. The first-order valence-electron chi connectivity index (χ1n) is 7.99. The largest absolute Gasteiger partial charge is 0.352 e. The Bertz CT molecular complexity index is 484. The minimum absolute atomic E-state index is 0.150. The molecule has 1 atom stereocenters. The molecule has 1 amide bonds. The van der Waals surface area contributed by atoms with Gasteiger partial charge in [-0.25, -0.2) is 0 Å². The maximum atomic E-state index is 12.3. The van der Waals surface area contributed by atoms with Crippen molar-refractivity contribution in [1.29, 1.82) is 5.26 Å². The highest BCUT2D eigenvalue weighted by molar-refractivity contribution is 5.86. The number of nitriles is 1. The number of rotatable bonds is 5. The number of hydrogen-bond donors (Lipinski definition) is 1. The average Bonchev–Trinajstić information content (AvgIpc) is 2.51. The van der Waals surface area contributed by atoms with Gasteiger partial charge in [-0.3, -0.25) is 4.79 Å². The normalized spacial score (nSPS) is 23.0. The fraction of sp³-hybridized carbons (Fsp3) is 0.556. The summed E-state index contributed by atoms with van der Waals surface area (Å²) < 4.78 is 0. The van der Waals surface area contributed by atoms with Crippen molar-refractivity contribution in [1.82, 2.24) is 5.32 Å². The summed E-state index contributed by atoms with van der Waals surface area (Å²) in [4.78, 5) is 12.3. The summed E-state index contributed by atoms with van der Waals surface area (Å²) in [5.74, 6) is -0.0220. The summed E-state index contributed by atoms with van der Waals surface area (Å²) in [6, 6.07) is 11.7. The Balaban J connectivity index is 1.88. The molecular weight excluding hydrogens is 260 g/mol. The zero-order valence-electron chi connectivity index (χ0n) is 12.7. The molecule has 1 fully saturated rings. The van der Waals surface area contributed by atoms with Gasteiger partial charge in [-0.2, -0.15) is 5.26 Å². The SMILES string of the molecule is CCCC1CCC(NC(=O)C(C#N)c2ccccc2)CC1. The van der Waals surface area contributed by atoms with Gasteiger partial charge in [0.15, 0.2) is 0 Å². The number of nitrogens with zero attached hydrogens (tertiary/aromatic N) is 1. The number of hydrogen-bond acceptors (Lipinski definition) is 2. The summed E-state index contributed by atoms with van der Waals surface area (Å²) in [5, 5.41) is 12.4. The highest BCUT2D eigenvalue weighted by Gasteiger charge is 2.26. The molecule has 1 aliphatic carbocycles. The zero-order valence-corrected chi connectivity index (χ0v) is 12.7. The van der Waals surface area contributed by atoms with Gasteiger partial charge in [0.2, 0.25) is 5.91 Å². The van der Waals surface area contributed by atoms with Crippen molar-refractivity contribution < 1.29 is 4.79 Å². The molecule has 21 heavy (non-hydrogen) atoms. The number of carbonyl (C=O) groups excluding carboxylic acids is 1. The minimum atomic E-state index is -0.695. The van der Waals surface area contributed by atoms with E-state index in [0.717, 1.165) is 24.3 Å². The third-order valence-corrected chi connectivity index (χ3v) is 4.41. The van der Waals surface area contributed by atoms with E-state index < -0.39 is 5.92 Å². The van der Waals surface area contributed by atoms with Crippen LogP contribution >= 0.6 is 0 Å². The first-order chi connectivity index (χ1) is 10.2. The molecule has 3 heteroatoms. The predicted octanol–water partition coefficient (Wildman–Crippen LogP) is 3.77. The Morgan fingerprint density at radius 3 is 2.52 bits per heavy atom. The number of carbonyl (C=O) groups is 1. The van der Waals surface area contributed by atoms with Crippen LogP contribution < -0.4 is 5.32 Å². The number of nitrogens with one attached hydrogen (secondary N) is 1. The minimum Gasteiger partial charge on any atom is -0.352 e. The first-order valence-corrected chi connectivity index (χ1v) is 7.99. The van der Waals surface area contributed by atoms with Crippen molar-refractivity contribution in [2.24, 2.45) is 5.92 Å². The van der Waals surface area contributed by atoms with Gasteiger partial charge in [-0.05, 0) is 37.2 Å². The van der Waals surface area contributed by atoms with E-state index in [1.807, 2.05) is 30.3 Å². The summed E-state index contributed by atoms with van der Waals surface area (Å²) in [7, 11) is 0.